The molecular formula is C38H36IrN2OSi-2. The summed E-state index contributed by atoms with van der Waals surface area (Å²) in [7, 11) is -1.56. The zero-order valence-corrected chi connectivity index (χ0v) is 28.3. The summed E-state index contributed by atoms with van der Waals surface area (Å²) < 4.78 is 6.44. The van der Waals surface area contributed by atoms with Crippen LogP contribution >= 0.6 is 0 Å². The van der Waals surface area contributed by atoms with Gasteiger partial charge in [-0.1, -0.05) is 79.0 Å². The Balaban J connectivity index is 0.000000213. The molecular weight excluding hydrogens is 721 g/mol. The van der Waals surface area contributed by atoms with Crippen LogP contribution in [-0.4, -0.2) is 18.0 Å². The molecule has 0 saturated heterocycles. The number of nitrogens with zero attached hydrogens (tertiary/aromatic N) is 2. The topological polar surface area (TPSA) is 38.9 Å². The van der Waals surface area contributed by atoms with Crippen molar-refractivity contribution in [2.24, 2.45) is 11.8 Å². The maximum absolute atomic E-state index is 6.44. The van der Waals surface area contributed by atoms with Gasteiger partial charge >= 0.3 is 0 Å². The maximum Gasteiger partial charge on any atom is 0.120 e. The number of benzene rings is 3. The van der Waals surface area contributed by atoms with E-state index >= 15 is 0 Å². The normalized spacial score (nSPS) is 19.2. The van der Waals surface area contributed by atoms with Crippen LogP contribution in [0.15, 0.2) is 102 Å². The number of para-hydroxylation sites is 1. The summed E-state index contributed by atoms with van der Waals surface area (Å²) in [4.78, 5) is 8.99. The second kappa shape index (κ2) is 12.3. The third-order valence-electron chi connectivity index (χ3n) is 9.12. The van der Waals surface area contributed by atoms with Crippen LogP contribution in [0, 0.1) is 24.0 Å². The molecule has 0 aliphatic heterocycles. The van der Waals surface area contributed by atoms with E-state index in [4.69, 9.17) is 9.40 Å². The minimum Gasteiger partial charge on any atom is -0.501 e. The number of hydrogen-bond donors (Lipinski definition) is 0. The Hall–Kier alpha value is -3.37. The van der Waals surface area contributed by atoms with Crippen molar-refractivity contribution in [1.82, 2.24) is 9.97 Å². The first-order chi connectivity index (χ1) is 20.5. The molecule has 0 amide bonds. The monoisotopic (exact) mass is 757 g/mol. The minimum absolute atomic E-state index is 0. The smallest absolute Gasteiger partial charge is 0.120 e. The molecule has 0 spiro atoms. The molecule has 2 saturated carbocycles. The van der Waals surface area contributed by atoms with Crippen LogP contribution in [0.3, 0.4) is 0 Å². The fraction of sp³-hybridized carbons (Fsp3) is 0.263. The number of aromatic nitrogens is 2. The van der Waals surface area contributed by atoms with Gasteiger partial charge in [-0.25, -0.2) is 0 Å². The summed E-state index contributed by atoms with van der Waals surface area (Å²) in [5.74, 6) is 2.52. The molecule has 2 bridgehead atoms. The Morgan fingerprint density at radius 2 is 1.63 bits per heavy atom. The van der Waals surface area contributed by atoms with E-state index in [1.165, 1.54) is 47.2 Å². The van der Waals surface area contributed by atoms with Crippen LogP contribution in [-0.2, 0) is 20.1 Å². The predicted octanol–water partition coefficient (Wildman–Crippen LogP) is 9.44. The second-order valence-corrected chi connectivity index (χ2v) is 17.9. The van der Waals surface area contributed by atoms with Crippen LogP contribution in [0.4, 0.5) is 0 Å². The van der Waals surface area contributed by atoms with Crippen molar-refractivity contribution < 1.29 is 24.5 Å². The molecule has 3 unspecified atom stereocenters. The molecule has 3 atom stereocenters. The van der Waals surface area contributed by atoms with Crippen LogP contribution in [0.1, 0.15) is 37.2 Å². The van der Waals surface area contributed by atoms with Gasteiger partial charge in [0.2, 0.25) is 0 Å². The molecule has 43 heavy (non-hydrogen) atoms. The van der Waals surface area contributed by atoms with Crippen molar-refractivity contribution >= 4 is 35.2 Å². The van der Waals surface area contributed by atoms with E-state index in [9.17, 15) is 0 Å². The fourth-order valence-electron chi connectivity index (χ4n) is 7.09. The van der Waals surface area contributed by atoms with Gasteiger partial charge < -0.3 is 14.4 Å². The Morgan fingerprint density at radius 1 is 0.814 bits per heavy atom. The van der Waals surface area contributed by atoms with Gasteiger partial charge in [-0.2, -0.15) is 0 Å². The van der Waals surface area contributed by atoms with Crippen molar-refractivity contribution in [3.8, 4) is 22.5 Å². The summed E-state index contributed by atoms with van der Waals surface area (Å²) in [5, 5.41) is 3.89. The van der Waals surface area contributed by atoms with Crippen molar-refractivity contribution in [3.05, 3.63) is 115 Å². The van der Waals surface area contributed by atoms with E-state index in [0.717, 1.165) is 45.5 Å². The summed E-state index contributed by atoms with van der Waals surface area (Å²) in [6.45, 7) is 7.18. The number of hydrogen-bond acceptors (Lipinski definition) is 3. The molecule has 1 radical (unpaired) electrons. The second-order valence-electron chi connectivity index (χ2n) is 12.9. The molecule has 6 aromatic rings. The average molecular weight is 757 g/mol. The molecule has 3 aromatic carbocycles. The van der Waals surface area contributed by atoms with Crippen LogP contribution < -0.4 is 5.19 Å². The SMILES string of the molecule is C[Si](C)(C)c1c[c-]c(-c2cc(C3CC4CCC3C4)ccn2)c2oc3ccccc3c12.[Ir].[c-]1ccccc1-c1ccccn1. The van der Waals surface area contributed by atoms with Crippen molar-refractivity contribution in [3.63, 3.8) is 0 Å². The third kappa shape index (κ3) is 5.91. The Labute approximate surface area is 269 Å². The van der Waals surface area contributed by atoms with Gasteiger partial charge in [0.15, 0.2) is 0 Å². The Morgan fingerprint density at radius 3 is 2.35 bits per heavy atom. The Bertz CT molecular complexity index is 1810. The number of furan rings is 1. The van der Waals surface area contributed by atoms with Crippen LogP contribution in [0.25, 0.3) is 44.5 Å². The molecule has 8 rings (SSSR count). The van der Waals surface area contributed by atoms with Gasteiger partial charge in [0, 0.05) is 46.0 Å². The zero-order chi connectivity index (χ0) is 28.7. The number of pyridine rings is 2. The van der Waals surface area contributed by atoms with Gasteiger partial charge in [0.1, 0.15) is 5.58 Å². The summed E-state index contributed by atoms with van der Waals surface area (Å²) in [6, 6.07) is 35.6. The predicted molar refractivity (Wildman–Crippen MR) is 175 cm³/mol. The number of rotatable bonds is 4. The molecule has 219 valence electrons. The molecule has 3 nitrogen and oxygen atoms in total. The van der Waals surface area contributed by atoms with E-state index in [2.05, 4.69) is 79.2 Å². The van der Waals surface area contributed by atoms with E-state index in [-0.39, 0.29) is 20.1 Å². The summed E-state index contributed by atoms with van der Waals surface area (Å²) >= 11 is 0. The Kier molecular flexibility index (Phi) is 8.50. The van der Waals surface area contributed by atoms with Gasteiger partial charge in [0.05, 0.1) is 5.58 Å². The zero-order valence-electron chi connectivity index (χ0n) is 24.9. The molecule has 0 N–H and O–H groups in total. The van der Waals surface area contributed by atoms with Gasteiger partial charge in [-0.3, -0.25) is 0 Å². The summed E-state index contributed by atoms with van der Waals surface area (Å²) in [6.07, 6.45) is 9.39. The van der Waals surface area contributed by atoms with Gasteiger partial charge in [-0.15, -0.1) is 53.2 Å². The first kappa shape index (κ1) is 29.7. The molecule has 3 heterocycles. The molecule has 5 heteroatoms. The van der Waals surface area contributed by atoms with Gasteiger partial charge in [0.25, 0.3) is 0 Å². The van der Waals surface area contributed by atoms with Crippen LogP contribution in [0.5, 0.6) is 0 Å². The van der Waals surface area contributed by atoms with Crippen LogP contribution in [0.2, 0.25) is 19.6 Å². The third-order valence-corrected chi connectivity index (χ3v) is 11.1. The van der Waals surface area contributed by atoms with Crippen molar-refractivity contribution in [2.45, 2.75) is 51.2 Å². The number of fused-ring (bicyclic) bond motifs is 5. The molecule has 2 aliphatic rings. The fourth-order valence-corrected chi connectivity index (χ4v) is 8.60. The molecule has 2 fully saturated rings. The molecule has 2 aliphatic carbocycles. The minimum atomic E-state index is -1.56. The standard InChI is InChI=1S/C27H28NOSi.C11H8N.Ir/c1-30(2,3)25-11-10-20(27-26(25)21-6-4-5-7-24(21)29-27)23-16-19(12-13-28-23)22-15-17-8-9-18(22)14-17;1-2-6-10(7-3-1)11-8-4-5-9-12-11;/h4-7,11-13,16-18,22H,8-9,14-15H2,1-3H3;1-6,8-9H;/q2*-1;. The van der Waals surface area contributed by atoms with E-state index in [1.54, 1.807) is 6.20 Å². The summed E-state index contributed by atoms with van der Waals surface area (Å²) in [5.41, 5.74) is 7.39. The largest absolute Gasteiger partial charge is 0.501 e. The first-order valence-corrected chi connectivity index (χ1v) is 18.7. The maximum atomic E-state index is 6.44. The first-order valence-electron chi connectivity index (χ1n) is 15.2. The van der Waals surface area contributed by atoms with E-state index < -0.39 is 8.07 Å². The van der Waals surface area contributed by atoms with Gasteiger partial charge in [-0.05, 0) is 66.6 Å². The van der Waals surface area contributed by atoms with E-state index in [0.29, 0.717) is 5.92 Å². The van der Waals surface area contributed by atoms with Crippen molar-refractivity contribution in [1.29, 1.82) is 0 Å². The molecule has 3 aromatic heterocycles. The quantitative estimate of drug-likeness (QED) is 0.133. The van der Waals surface area contributed by atoms with Crippen molar-refractivity contribution in [2.75, 3.05) is 0 Å². The average Bonchev–Trinajstić information content (AvgIpc) is 3.76. The van der Waals surface area contributed by atoms with E-state index in [1.807, 2.05) is 48.7 Å².